The number of hydrogen-bond acceptors (Lipinski definition) is 19. The number of rotatable bonds is 45. The van der Waals surface area contributed by atoms with Gasteiger partial charge in [0.05, 0.1) is 19.7 Å². The highest BCUT2D eigenvalue weighted by molar-refractivity contribution is 7.80. The number of aromatic nitrogens is 1. The van der Waals surface area contributed by atoms with Crippen molar-refractivity contribution in [2.24, 2.45) is 23.5 Å². The molecule has 0 aliphatic rings. The molecule has 0 aliphatic carbocycles. The molecule has 11 atom stereocenters. The number of carbonyl (C=O) groups is 14. The molecule has 120 heavy (non-hydrogen) atoms. The number of aromatic amines is 1. The maximum absolute atomic E-state index is 15.3. The van der Waals surface area contributed by atoms with Gasteiger partial charge in [-0.3, -0.25) is 67.1 Å². The summed E-state index contributed by atoms with van der Waals surface area (Å²) in [6.07, 6.45) is 0.492. The molecule has 14 amide bonds. The van der Waals surface area contributed by atoms with Gasteiger partial charge in [0, 0.05) is 68.4 Å². The predicted octanol–water partition coefficient (Wildman–Crippen LogP) is 0.952. The number of nitrogens with two attached hydrogens (primary N) is 1. The largest absolute Gasteiger partial charge is 0.508 e. The number of benzene rings is 6. The first-order valence-corrected chi connectivity index (χ1v) is 40.2. The first-order valence-electron chi connectivity index (χ1n) is 39.0. The van der Waals surface area contributed by atoms with Crippen LogP contribution in [0.1, 0.15) is 81.3 Å². The lowest BCUT2D eigenvalue weighted by Gasteiger charge is -2.33. The van der Waals surface area contributed by atoms with Crippen molar-refractivity contribution in [2.45, 2.75) is 153 Å². The first-order chi connectivity index (χ1) is 57.1. The number of aliphatic hydroxyl groups is 1. The van der Waals surface area contributed by atoms with Crippen molar-refractivity contribution in [1.29, 1.82) is 0 Å². The molecule has 1 aromatic heterocycles. The van der Waals surface area contributed by atoms with Gasteiger partial charge in [-0.15, -0.1) is 11.6 Å². The zero-order chi connectivity index (χ0) is 87.9. The van der Waals surface area contributed by atoms with Gasteiger partial charge < -0.3 is 99.8 Å². The molecule has 642 valence electrons. The molecule has 1 heterocycles. The predicted molar refractivity (Wildman–Crippen MR) is 450 cm³/mol. The Kier molecular flexibility index (Phi) is 36.7. The second kappa shape index (κ2) is 46.6. The highest BCUT2D eigenvalue weighted by Crippen LogP contribution is 2.23. The summed E-state index contributed by atoms with van der Waals surface area (Å²) in [7, 11) is 1.28. The molecule has 0 spiro atoms. The van der Waals surface area contributed by atoms with Crippen LogP contribution in [0.15, 0.2) is 164 Å². The number of H-pyrrole nitrogens is 1. The van der Waals surface area contributed by atoms with Crippen LogP contribution < -0.4 is 69.5 Å². The van der Waals surface area contributed by atoms with Crippen LogP contribution in [0.2, 0.25) is 0 Å². The number of thiol groups is 1. The number of halogens is 1. The summed E-state index contributed by atoms with van der Waals surface area (Å²) in [5.74, 6) is -14.8. The van der Waals surface area contributed by atoms with E-state index in [-0.39, 0.29) is 73.9 Å². The SMILES string of the molecule is CC(C)C[C@H](NC(=O)[C@H](Cc1c[nH]c2ccccc12)NC(=O)[C@@H](NC(=O)CNC(=O)[C@H](CO)NC(=O)[C@H](Cc1ccccc1)N(C)C(=O)[C@H](Cc1ccc(O)cc1)NC(=O)[C@H](Cc1ccc(O)cc1)NC(=O)[C@@H](Cc1ccccc1)NC(=O)CCl)C(C)C)C(=O)N[C@@H](Cc1ccc(O)cc1)C(=O)N[C@H](C(=O)N[C@@H](CS)C(=O)NCC(N)=O)C(C)C. The van der Waals surface area contributed by atoms with E-state index in [1.54, 1.807) is 133 Å². The van der Waals surface area contributed by atoms with Crippen molar-refractivity contribution >= 4 is 118 Å². The molecule has 33 nitrogen and oxygen atoms in total. The summed E-state index contributed by atoms with van der Waals surface area (Å²) in [6, 6.07) is 25.5. The van der Waals surface area contributed by atoms with Gasteiger partial charge in [-0.25, -0.2) is 0 Å². The molecule has 7 aromatic rings. The van der Waals surface area contributed by atoms with Crippen LogP contribution in [0.4, 0.5) is 0 Å². The monoisotopic (exact) mass is 1690 g/mol. The fourth-order valence-electron chi connectivity index (χ4n) is 13.0. The van der Waals surface area contributed by atoms with Crippen molar-refractivity contribution in [3.8, 4) is 17.2 Å². The Hall–Kier alpha value is -12.6. The van der Waals surface area contributed by atoms with E-state index in [4.69, 9.17) is 17.3 Å². The van der Waals surface area contributed by atoms with Gasteiger partial charge in [0.1, 0.15) is 89.6 Å². The Morgan fingerprint density at radius 2 is 0.792 bits per heavy atom. The van der Waals surface area contributed by atoms with Gasteiger partial charge in [0.25, 0.3) is 0 Å². The van der Waals surface area contributed by atoms with Crippen molar-refractivity contribution in [3.63, 3.8) is 0 Å². The lowest BCUT2D eigenvalue weighted by Crippen LogP contribution is -2.61. The number of phenols is 3. The zero-order valence-electron chi connectivity index (χ0n) is 67.5. The molecule has 7 rings (SSSR count). The van der Waals surface area contributed by atoms with Crippen molar-refractivity contribution in [2.75, 3.05) is 38.4 Å². The Morgan fingerprint density at radius 1 is 0.408 bits per heavy atom. The smallest absolute Gasteiger partial charge is 0.245 e. The highest BCUT2D eigenvalue weighted by atomic mass is 35.5. The van der Waals surface area contributed by atoms with E-state index in [2.05, 4.69) is 81.4 Å². The molecule has 0 radical (unpaired) electrons. The molecule has 0 saturated carbocycles. The molecule has 0 saturated heterocycles. The molecular formula is C85H106ClN15O18S. The fourth-order valence-corrected chi connectivity index (χ4v) is 13.3. The third-order valence-corrected chi connectivity index (χ3v) is 20.1. The van der Waals surface area contributed by atoms with E-state index in [0.29, 0.717) is 44.3 Å². The average Bonchev–Trinajstić information content (AvgIpc) is 1.40. The molecule has 0 fully saturated rings. The number of nitrogens with one attached hydrogen (secondary N) is 13. The maximum Gasteiger partial charge on any atom is 0.245 e. The van der Waals surface area contributed by atoms with Gasteiger partial charge >= 0.3 is 0 Å². The number of para-hydroxylation sites is 1. The molecule has 0 unspecified atom stereocenters. The van der Waals surface area contributed by atoms with Gasteiger partial charge in [-0.1, -0.05) is 157 Å². The number of aromatic hydroxyl groups is 3. The minimum atomic E-state index is -1.80. The van der Waals surface area contributed by atoms with E-state index in [9.17, 15) is 78.0 Å². The van der Waals surface area contributed by atoms with Gasteiger partial charge in [0.2, 0.25) is 82.7 Å². The Bertz CT molecular complexity index is 4680. The lowest BCUT2D eigenvalue weighted by atomic mass is 9.98. The van der Waals surface area contributed by atoms with Gasteiger partial charge in [0.15, 0.2) is 0 Å². The summed E-state index contributed by atoms with van der Waals surface area (Å²) < 4.78 is 0. The number of alkyl halides is 1. The number of nitrogens with zero attached hydrogens (tertiary/aromatic N) is 1. The third-order valence-electron chi connectivity index (χ3n) is 19.5. The fraction of sp³-hybridized carbons (Fsp3) is 0.388. The van der Waals surface area contributed by atoms with Crippen LogP contribution in [-0.2, 0) is 106 Å². The maximum atomic E-state index is 15.3. The molecule has 0 bridgehead atoms. The molecule has 6 aromatic carbocycles. The normalized spacial score (nSPS) is 13.9. The number of primary amides is 1. The van der Waals surface area contributed by atoms with Crippen molar-refractivity contribution in [1.82, 2.24) is 73.7 Å². The van der Waals surface area contributed by atoms with Crippen molar-refractivity contribution < 1.29 is 87.5 Å². The molecule has 19 N–H and O–H groups in total. The van der Waals surface area contributed by atoms with Crippen LogP contribution >= 0.6 is 24.2 Å². The Labute approximate surface area is 704 Å². The van der Waals surface area contributed by atoms with Crippen molar-refractivity contribution in [3.05, 3.63) is 197 Å². The van der Waals surface area contributed by atoms with Crippen LogP contribution in [0.5, 0.6) is 17.2 Å². The van der Waals surface area contributed by atoms with Gasteiger partial charge in [-0.05, 0) is 100 Å². The van der Waals surface area contributed by atoms with E-state index in [0.717, 1.165) is 4.90 Å². The number of carbonyl (C=O) groups excluding carboxylic acids is 14. The summed E-state index contributed by atoms with van der Waals surface area (Å²) in [4.78, 5) is 202. The number of phenolic OH excluding ortho intramolecular Hbond substituents is 3. The average molecular weight is 1690 g/mol. The zero-order valence-corrected chi connectivity index (χ0v) is 69.2. The summed E-state index contributed by atoms with van der Waals surface area (Å²) in [5, 5.41) is 73.4. The summed E-state index contributed by atoms with van der Waals surface area (Å²) in [6.45, 7) is 7.55. The summed E-state index contributed by atoms with van der Waals surface area (Å²) in [5.41, 5.74) is 8.92. The van der Waals surface area contributed by atoms with E-state index >= 15 is 9.59 Å². The number of likely N-dealkylation sites (N-methyl/N-ethyl adjacent to an activating group) is 1. The van der Waals surface area contributed by atoms with Crippen LogP contribution in [0.25, 0.3) is 10.9 Å². The first kappa shape index (κ1) is 94.6. The summed E-state index contributed by atoms with van der Waals surface area (Å²) >= 11 is 10.1. The van der Waals surface area contributed by atoms with E-state index < -0.39 is 187 Å². The lowest BCUT2D eigenvalue weighted by molar-refractivity contribution is -0.143. The van der Waals surface area contributed by atoms with Crippen LogP contribution in [-0.4, -0.2) is 218 Å². The minimum absolute atomic E-state index is 0.0200. The highest BCUT2D eigenvalue weighted by Gasteiger charge is 2.39. The third kappa shape index (κ3) is 29.5. The van der Waals surface area contributed by atoms with Crippen LogP contribution in [0, 0.1) is 17.8 Å². The topological polar surface area (TPSA) is 509 Å². The standard InChI is InChI=1S/C85H106ClN15O18S/c1-47(2)34-61(77(111)94-64(37-53-24-30-57(104)31-25-53)81(115)100-74(49(5)6)84(118)98-68(46-120)76(110)89-43-70(87)106)92-80(114)65(40-55-42-88-60-21-15-14-20-59(55)60)95-83(117)73(48(3)4)99-72(108)44-90-75(109)67(45-102)97-82(116)69(39-51-18-12-9-13-19-51)101(7)85(119)66(38-54-26-32-58(105)33-27-54)96-79(113)63(36-52-22-28-56(103)29-23-52)93-78(112)62(91-71(107)41-86)35-50-16-10-8-11-17-50/h8-33,42,47-49,61-69,73-74,88,102-105,120H,34-41,43-46H2,1-7H3,(H2,87,106)(H,89,110)(H,90,109)(H,91,107)(H,92,114)(H,93,112)(H,94,111)(H,95,117)(H,96,113)(H,97,116)(H,98,118)(H,99,108)(H,100,115)/t61-,62+,63-,64-,65-,66-,67-,68-,69-,73-,74-/m0/s1. The second-order valence-corrected chi connectivity index (χ2v) is 30.8. The number of aliphatic hydroxyl groups excluding tert-OH is 1. The molecule has 35 heteroatoms. The number of hydrogen-bond donors (Lipinski definition) is 19. The minimum Gasteiger partial charge on any atom is -0.508 e. The number of fused-ring (bicyclic) bond motifs is 1. The van der Waals surface area contributed by atoms with E-state index in [1.165, 1.54) is 79.8 Å². The second-order valence-electron chi connectivity index (χ2n) is 30.1. The van der Waals surface area contributed by atoms with Gasteiger partial charge in [-0.2, -0.15) is 12.6 Å². The van der Waals surface area contributed by atoms with E-state index in [1.807, 2.05) is 0 Å². The Morgan fingerprint density at radius 3 is 1.27 bits per heavy atom. The quantitative estimate of drug-likeness (QED) is 0.0187. The Balaban J connectivity index is 1.09. The van der Waals surface area contributed by atoms with Crippen LogP contribution in [0.3, 0.4) is 0 Å². The molecular weight excluding hydrogens is 1590 g/mol. The molecule has 0 aliphatic heterocycles. The number of amides is 14.